The van der Waals surface area contributed by atoms with Crippen molar-refractivity contribution in [2.75, 3.05) is 54.4 Å². The first kappa shape index (κ1) is 27.1. The van der Waals surface area contributed by atoms with E-state index in [1.54, 1.807) is 24.3 Å². The van der Waals surface area contributed by atoms with Gasteiger partial charge in [0.05, 0.1) is 12.1 Å². The third kappa shape index (κ3) is 6.58. The maximum atomic E-state index is 13.6. The molecule has 1 atom stereocenters. The maximum Gasteiger partial charge on any atom is 0.256 e. The number of piperazine rings is 1. The third-order valence-electron chi connectivity index (χ3n) is 7.21. The summed E-state index contributed by atoms with van der Waals surface area (Å²) in [6.45, 7) is 5.43. The largest absolute Gasteiger partial charge is 0.369 e. The first-order chi connectivity index (χ1) is 19.0. The predicted molar refractivity (Wildman–Crippen MR) is 161 cm³/mol. The molecular weight excluding hydrogens is 530 g/mol. The van der Waals surface area contributed by atoms with E-state index in [1.165, 1.54) is 10.6 Å². The summed E-state index contributed by atoms with van der Waals surface area (Å²) in [5, 5.41) is 3.91. The van der Waals surface area contributed by atoms with Crippen molar-refractivity contribution >= 4 is 57.8 Å². The minimum atomic E-state index is -0.660. The fraction of sp³-hybridized carbons (Fsp3) is 0.300. The van der Waals surface area contributed by atoms with Crippen LogP contribution in [0.3, 0.4) is 0 Å². The molecule has 2 aliphatic heterocycles. The highest BCUT2D eigenvalue weighted by Gasteiger charge is 2.43. The Hall–Kier alpha value is -3.46. The number of amides is 2. The Morgan fingerprint density at radius 2 is 1.49 bits per heavy atom. The summed E-state index contributed by atoms with van der Waals surface area (Å²) < 4.78 is 0. The van der Waals surface area contributed by atoms with Gasteiger partial charge in [0.2, 0.25) is 5.91 Å². The zero-order valence-electron chi connectivity index (χ0n) is 21.7. The number of hydrogen-bond donors (Lipinski definition) is 1. The van der Waals surface area contributed by atoms with Gasteiger partial charge in [-0.05, 0) is 73.7 Å². The van der Waals surface area contributed by atoms with Gasteiger partial charge in [0, 0.05) is 49.1 Å². The van der Waals surface area contributed by atoms with Crippen LogP contribution in [0.25, 0.3) is 0 Å². The van der Waals surface area contributed by atoms with Crippen molar-refractivity contribution in [1.29, 1.82) is 0 Å². The molecule has 0 aliphatic carbocycles. The minimum Gasteiger partial charge on any atom is -0.369 e. The molecule has 2 amide bonds. The highest BCUT2D eigenvalue weighted by molar-refractivity contribution is 7.80. The summed E-state index contributed by atoms with van der Waals surface area (Å²) >= 11 is 11.9. The molecule has 0 spiro atoms. The van der Waals surface area contributed by atoms with Crippen LogP contribution >= 0.6 is 23.8 Å². The maximum absolute atomic E-state index is 13.6. The number of thiocarbonyl (C=S) groups is 1. The zero-order valence-corrected chi connectivity index (χ0v) is 23.3. The zero-order chi connectivity index (χ0) is 27.2. The average molecular weight is 562 g/mol. The van der Waals surface area contributed by atoms with Crippen molar-refractivity contribution in [2.45, 2.75) is 18.9 Å². The molecule has 2 fully saturated rings. The monoisotopic (exact) mass is 561 g/mol. The minimum absolute atomic E-state index is 0.0215. The Balaban J connectivity index is 1.22. The number of para-hydroxylation sites is 2. The van der Waals surface area contributed by atoms with Crippen molar-refractivity contribution < 1.29 is 9.59 Å². The molecule has 0 saturated carbocycles. The molecule has 39 heavy (non-hydrogen) atoms. The van der Waals surface area contributed by atoms with Gasteiger partial charge in [0.1, 0.15) is 6.04 Å². The second-order valence-electron chi connectivity index (χ2n) is 9.78. The summed E-state index contributed by atoms with van der Waals surface area (Å²) in [6.07, 6.45) is 0.859. The van der Waals surface area contributed by atoms with E-state index in [4.69, 9.17) is 23.8 Å². The number of benzene rings is 3. The van der Waals surface area contributed by atoms with E-state index in [1.807, 2.05) is 41.3 Å². The number of nitrogens with zero attached hydrogens (tertiary/aromatic N) is 4. The van der Waals surface area contributed by atoms with Crippen LogP contribution in [0, 0.1) is 0 Å². The first-order valence-electron chi connectivity index (χ1n) is 13.3. The third-order valence-corrected chi connectivity index (χ3v) is 7.88. The molecule has 9 heteroatoms. The number of anilines is 3. The van der Waals surface area contributed by atoms with Gasteiger partial charge in [-0.2, -0.15) is 0 Å². The fourth-order valence-electron chi connectivity index (χ4n) is 5.16. The van der Waals surface area contributed by atoms with Gasteiger partial charge in [0.25, 0.3) is 5.91 Å². The first-order valence-corrected chi connectivity index (χ1v) is 14.1. The molecule has 0 radical (unpaired) electrons. The van der Waals surface area contributed by atoms with Crippen LogP contribution in [0.4, 0.5) is 17.1 Å². The molecule has 5 rings (SSSR count). The molecule has 1 N–H and O–H groups in total. The van der Waals surface area contributed by atoms with Gasteiger partial charge in [-0.1, -0.05) is 48.0 Å². The van der Waals surface area contributed by atoms with Gasteiger partial charge in [0.15, 0.2) is 5.11 Å². The molecular formula is C30H32ClN5O2S. The summed E-state index contributed by atoms with van der Waals surface area (Å²) in [6, 6.07) is 26.1. The molecule has 202 valence electrons. The van der Waals surface area contributed by atoms with Gasteiger partial charge >= 0.3 is 0 Å². The number of rotatable bonds is 9. The second kappa shape index (κ2) is 12.6. The number of carbonyl (C=O) groups excluding carboxylic acids is 2. The normalized spacial score (nSPS) is 18.1. The topological polar surface area (TPSA) is 59.1 Å². The smallest absolute Gasteiger partial charge is 0.256 e. The molecule has 7 nitrogen and oxygen atoms in total. The number of carbonyl (C=O) groups is 2. The lowest BCUT2D eigenvalue weighted by atomic mass is 10.1. The fourth-order valence-corrected chi connectivity index (χ4v) is 5.70. The molecule has 0 bridgehead atoms. The summed E-state index contributed by atoms with van der Waals surface area (Å²) in [5.41, 5.74) is 2.62. The highest BCUT2D eigenvalue weighted by Crippen LogP contribution is 2.29. The highest BCUT2D eigenvalue weighted by atomic mass is 35.5. The molecule has 2 saturated heterocycles. The van der Waals surface area contributed by atoms with Gasteiger partial charge in [-0.15, -0.1) is 0 Å². The Morgan fingerprint density at radius 1 is 0.846 bits per heavy atom. The van der Waals surface area contributed by atoms with E-state index in [0.29, 0.717) is 28.1 Å². The lowest BCUT2D eigenvalue weighted by molar-refractivity contribution is -0.124. The Labute approximate surface area is 239 Å². The van der Waals surface area contributed by atoms with E-state index < -0.39 is 6.04 Å². The molecule has 2 aliphatic rings. The van der Waals surface area contributed by atoms with Crippen LogP contribution in [0.1, 0.15) is 12.8 Å². The van der Waals surface area contributed by atoms with Crippen LogP contribution in [0.2, 0.25) is 5.02 Å². The van der Waals surface area contributed by atoms with E-state index in [-0.39, 0.29) is 18.2 Å². The quantitative estimate of drug-likeness (QED) is 0.376. The summed E-state index contributed by atoms with van der Waals surface area (Å²) in [5.74, 6) is -0.413. The second-order valence-corrected chi connectivity index (χ2v) is 10.6. The van der Waals surface area contributed by atoms with Crippen molar-refractivity contribution in [1.82, 2.24) is 9.80 Å². The van der Waals surface area contributed by atoms with Crippen molar-refractivity contribution in [3.05, 3.63) is 90.0 Å². The van der Waals surface area contributed by atoms with E-state index in [2.05, 4.69) is 39.4 Å². The van der Waals surface area contributed by atoms with Crippen LogP contribution in [0.15, 0.2) is 84.9 Å². The van der Waals surface area contributed by atoms with Crippen molar-refractivity contribution in [2.24, 2.45) is 0 Å². The van der Waals surface area contributed by atoms with Gasteiger partial charge < -0.3 is 15.1 Å². The van der Waals surface area contributed by atoms with E-state index in [9.17, 15) is 9.59 Å². The lowest BCUT2D eigenvalue weighted by Crippen LogP contribution is -2.47. The SMILES string of the molecule is O=C(C[C@H]1C(=O)N(c2ccc(Cl)cc2)C(=S)N1CCCN1CCN(c2ccccc2)CC1)Nc1ccccc1. The lowest BCUT2D eigenvalue weighted by Gasteiger charge is -2.36. The van der Waals surface area contributed by atoms with Gasteiger partial charge in [-0.25, -0.2) is 0 Å². The molecule has 3 aromatic carbocycles. The van der Waals surface area contributed by atoms with Crippen LogP contribution in [-0.2, 0) is 9.59 Å². The van der Waals surface area contributed by atoms with E-state index in [0.717, 1.165) is 39.1 Å². The molecule has 0 unspecified atom stereocenters. The number of halogens is 1. The van der Waals surface area contributed by atoms with Gasteiger partial charge in [-0.3, -0.25) is 19.4 Å². The van der Waals surface area contributed by atoms with Crippen LogP contribution < -0.4 is 15.1 Å². The van der Waals surface area contributed by atoms with Crippen molar-refractivity contribution in [3.8, 4) is 0 Å². The standard InChI is InChI=1S/C30H32ClN5O2S/c31-23-12-14-26(15-13-23)36-29(38)27(22-28(37)32-24-8-3-1-4-9-24)35(30(36)39)17-7-16-33-18-20-34(21-19-33)25-10-5-2-6-11-25/h1-6,8-15,27H,7,16-22H2,(H,32,37)/t27-/m0/s1. The number of nitrogens with one attached hydrogen (secondary N) is 1. The molecule has 0 aromatic heterocycles. The summed E-state index contributed by atoms with van der Waals surface area (Å²) in [4.78, 5) is 34.9. The van der Waals surface area contributed by atoms with Crippen molar-refractivity contribution in [3.63, 3.8) is 0 Å². The van der Waals surface area contributed by atoms with E-state index >= 15 is 0 Å². The number of hydrogen-bond acceptors (Lipinski definition) is 5. The average Bonchev–Trinajstić information content (AvgIpc) is 3.19. The van der Waals surface area contributed by atoms with Crippen LogP contribution in [0.5, 0.6) is 0 Å². The Kier molecular flexibility index (Phi) is 8.76. The summed E-state index contributed by atoms with van der Waals surface area (Å²) in [7, 11) is 0. The Bertz CT molecular complexity index is 1280. The predicted octanol–water partition coefficient (Wildman–Crippen LogP) is 4.88. The molecule has 2 heterocycles. The van der Waals surface area contributed by atoms with Crippen LogP contribution in [-0.4, -0.2) is 72.0 Å². The molecule has 3 aromatic rings. The Morgan fingerprint density at radius 3 is 2.15 bits per heavy atom.